The van der Waals surface area contributed by atoms with E-state index in [1.807, 2.05) is 6.92 Å². The lowest BCUT2D eigenvalue weighted by atomic mass is 10.1. The first-order valence-electron chi connectivity index (χ1n) is 33.0. The molecular weight excluding hydrogens is 1790 g/mol. The molecule has 0 aliphatic carbocycles. The first kappa shape index (κ1) is 92.2. The Kier molecular flexibility index (Phi) is 32.1. The number of hydrogen-bond acceptors (Lipinski definition) is 18. The van der Waals surface area contributed by atoms with E-state index in [1.54, 1.807) is 24.3 Å². The molecule has 2 aliphatic heterocycles. The molecule has 2 heterocycles. The predicted molar refractivity (Wildman–Crippen MR) is 384 cm³/mol. The summed E-state index contributed by atoms with van der Waals surface area (Å²) in [5.74, 6) is -27.4. The van der Waals surface area contributed by atoms with Crippen LogP contribution in [0.2, 0.25) is 0 Å². The van der Waals surface area contributed by atoms with E-state index < -0.39 is 220 Å². The number of benzene rings is 9. The van der Waals surface area contributed by atoms with Gasteiger partial charge in [-0.3, -0.25) is 34.9 Å². The Morgan fingerprint density at radius 3 is 1.04 bits per heavy atom. The SMILES string of the molecule is Cc1ccc(Oc2cc(COc3c(F)c(F)c(COP(=O)(N4CC4)N4CC4)c(F)c3F)ccc2[N+](=O)[O-])cc1.NCCBr.O=[N+]([O-])c1ccc(COc2c(F)c(F)c(CO)c(F)c2F)cc1Oc1ccc(C(F)(F)F)cc1.O=[N+]([O-])c1ccc(COc2c(F)c(F)c(CO[P+](=O)NCCBr)c(F)c2F)cc1Oc1ccc(C(F)(F)F)cc1. The maximum Gasteiger partial charge on any atom is 0.613 e. The quantitative estimate of drug-likeness (QED) is 0.00691. The Morgan fingerprint density at radius 2 is 0.769 bits per heavy atom. The molecule has 626 valence electrons. The Labute approximate surface area is 665 Å². The Morgan fingerprint density at radius 1 is 0.470 bits per heavy atom. The number of aryl methyl sites for hydroxylation is 1. The minimum absolute atomic E-state index is 0.00152. The van der Waals surface area contributed by atoms with Crippen LogP contribution in [-0.4, -0.2) is 79.1 Å². The van der Waals surface area contributed by atoms with Crippen LogP contribution in [-0.2, 0) is 70.2 Å². The van der Waals surface area contributed by atoms with Gasteiger partial charge in [-0.2, -0.15) is 52.7 Å². The second-order valence-corrected chi connectivity index (χ2v) is 28.9. The molecule has 4 N–H and O–H groups in total. The van der Waals surface area contributed by atoms with Crippen LogP contribution in [0.5, 0.6) is 51.7 Å². The molecule has 0 aromatic heterocycles. The largest absolute Gasteiger partial charge is 0.613 e. The molecule has 1 atom stereocenters. The third-order valence-corrected chi connectivity index (χ3v) is 20.1. The predicted octanol–water partition coefficient (Wildman–Crippen LogP) is 20.2. The van der Waals surface area contributed by atoms with Gasteiger partial charge in [0.25, 0.3) is 0 Å². The lowest BCUT2D eigenvalue weighted by molar-refractivity contribution is -0.385. The minimum atomic E-state index is -4.62. The number of aliphatic hydroxyl groups is 1. The van der Waals surface area contributed by atoms with Crippen LogP contribution in [0, 0.1) is 107 Å². The van der Waals surface area contributed by atoms with Crippen LogP contribution >= 0.6 is 47.7 Å². The molecule has 0 saturated carbocycles. The number of halogens is 20. The molecule has 0 radical (unpaired) electrons. The van der Waals surface area contributed by atoms with E-state index in [4.69, 9.17) is 43.8 Å². The zero-order valence-electron chi connectivity index (χ0n) is 59.3. The van der Waals surface area contributed by atoms with E-state index in [0.717, 1.165) is 84.2 Å². The van der Waals surface area contributed by atoms with Gasteiger partial charge in [-0.25, -0.2) is 35.7 Å². The monoisotopic (exact) mass is 1840 g/mol. The number of nitrogens with two attached hydrogens (primary N) is 1. The topological polar surface area (TPSA) is 302 Å². The molecule has 117 heavy (non-hydrogen) atoms. The number of aliphatic hydroxyl groups excluding tert-OH is 1. The van der Waals surface area contributed by atoms with Gasteiger partial charge in [0.1, 0.15) is 43.7 Å². The van der Waals surface area contributed by atoms with Crippen molar-refractivity contribution in [3.63, 3.8) is 0 Å². The summed E-state index contributed by atoms with van der Waals surface area (Å²) >= 11 is 6.16. The number of nitrogens with zero attached hydrogens (tertiary/aromatic N) is 5. The number of nitrogens with one attached hydrogen (secondary N) is 1. The highest BCUT2D eigenvalue weighted by atomic mass is 79.9. The van der Waals surface area contributed by atoms with E-state index in [-0.39, 0.29) is 46.2 Å². The number of ether oxygens (including phenoxy) is 6. The molecule has 46 heteroatoms. The molecule has 0 amide bonds. The first-order chi connectivity index (χ1) is 55.3. The second-order valence-electron chi connectivity index (χ2n) is 23.8. The summed E-state index contributed by atoms with van der Waals surface area (Å²) in [4.78, 5) is 31.7. The van der Waals surface area contributed by atoms with E-state index in [2.05, 4.69) is 41.5 Å². The number of nitro benzene ring substituents is 3. The summed E-state index contributed by atoms with van der Waals surface area (Å²) in [6.07, 6.45) is -9.24. The van der Waals surface area contributed by atoms with Gasteiger partial charge >= 0.3 is 45.3 Å². The van der Waals surface area contributed by atoms with Crippen LogP contribution in [0.25, 0.3) is 0 Å². The van der Waals surface area contributed by atoms with Gasteiger partial charge in [0.2, 0.25) is 52.2 Å². The average molecular weight is 1840 g/mol. The van der Waals surface area contributed by atoms with E-state index in [9.17, 15) is 119 Å². The van der Waals surface area contributed by atoms with Crippen LogP contribution in [0.4, 0.5) is 96.1 Å². The summed E-state index contributed by atoms with van der Waals surface area (Å²) in [6.45, 7) is -0.713. The lowest BCUT2D eigenvalue weighted by Gasteiger charge is -2.20. The highest BCUT2D eigenvalue weighted by Gasteiger charge is 2.50. The van der Waals surface area contributed by atoms with E-state index >= 15 is 0 Å². The van der Waals surface area contributed by atoms with Crippen molar-refractivity contribution in [3.05, 3.63) is 278 Å². The molecule has 0 spiro atoms. The van der Waals surface area contributed by atoms with Gasteiger partial charge in [-0.15, -0.1) is 4.52 Å². The molecule has 9 aromatic carbocycles. The molecule has 11 rings (SSSR count). The normalized spacial score (nSPS) is 12.7. The molecule has 2 aliphatic rings. The van der Waals surface area contributed by atoms with Crippen LogP contribution < -0.4 is 39.2 Å². The van der Waals surface area contributed by atoms with Gasteiger partial charge in [0.15, 0.2) is 52.2 Å². The zero-order chi connectivity index (χ0) is 86.1. The fraction of sp³-hybridized carbons (Fsp3) is 0.239. The molecule has 2 saturated heterocycles. The Hall–Kier alpha value is -10.3. The van der Waals surface area contributed by atoms with Crippen LogP contribution in [0.15, 0.2) is 127 Å². The summed E-state index contributed by atoms with van der Waals surface area (Å²) in [5, 5.41) is 46.5. The average Bonchev–Trinajstić information content (AvgIpc) is 1.60. The fourth-order valence-corrected chi connectivity index (χ4v) is 13.0. The summed E-state index contributed by atoms with van der Waals surface area (Å²) in [6, 6.07) is 22.8. The lowest BCUT2D eigenvalue weighted by Crippen LogP contribution is -2.12. The summed E-state index contributed by atoms with van der Waals surface area (Å²) in [7, 11) is -6.07. The van der Waals surface area contributed by atoms with Crippen molar-refractivity contribution in [2.45, 2.75) is 58.9 Å². The van der Waals surface area contributed by atoms with Crippen molar-refractivity contribution in [1.29, 1.82) is 0 Å². The van der Waals surface area contributed by atoms with Crippen molar-refractivity contribution < 1.29 is 146 Å². The number of hydrogen-bond donors (Lipinski definition) is 3. The van der Waals surface area contributed by atoms with Crippen molar-refractivity contribution >= 4 is 64.8 Å². The second kappa shape index (κ2) is 40.7. The maximum atomic E-state index is 14.8. The van der Waals surface area contributed by atoms with Crippen LogP contribution in [0.1, 0.15) is 50.1 Å². The maximum absolute atomic E-state index is 14.8. The highest BCUT2D eigenvalue weighted by molar-refractivity contribution is 9.09. The summed E-state index contributed by atoms with van der Waals surface area (Å²) in [5.41, 5.74) is -0.920. The number of nitro groups is 3. The standard InChI is InChI=1S/C25H22F4N3O6P.C23H16BrF7N2O6P.C21H12F7NO5.C2H6BrN/c1-15-2-5-17(6-3-15)38-20-12-16(4-7-19(20)32(33)34)13-36-25-23(28)21(26)18(22(27)24(25)29)14-37-39(35,30-8-9-30)31-10-11-31;24-7-8-32-40(36)38-11-15-18(25)20(27)22(21(28)19(15)26)37-10-12-1-6-16(33(34)35)17(9-12)39-14-4-2-13(3-5-14)23(29,30)31;22-16-13(8-30)17(23)19(25)20(18(16)24)33-9-10-1-6-14(29(31)32)15(7-10)34-12-4-2-11(3-5-12)21(26,27)28;3-1-2-4/h2-7,12H,8-11,13-14H2,1H3;1-6,9H,7-8,10-11H2,(H,32,36);1-7,30H,8-9H2;1-2,4H2/q;+1;;. The van der Waals surface area contributed by atoms with Gasteiger partial charge in [0, 0.05) is 61.6 Å². The first-order valence-corrected chi connectivity index (χ1v) is 37.9. The minimum Gasteiger partial charge on any atom is -0.483 e. The smallest absolute Gasteiger partial charge is 0.483 e. The van der Waals surface area contributed by atoms with Crippen molar-refractivity contribution in [3.8, 4) is 51.7 Å². The van der Waals surface area contributed by atoms with Gasteiger partial charge in [-0.1, -0.05) is 54.6 Å². The van der Waals surface area contributed by atoms with Gasteiger partial charge in [0.05, 0.1) is 62.3 Å². The third-order valence-electron chi connectivity index (χ3n) is 15.7. The van der Waals surface area contributed by atoms with Crippen molar-refractivity contribution in [1.82, 2.24) is 14.4 Å². The summed E-state index contributed by atoms with van der Waals surface area (Å²) < 4.78 is 318. The van der Waals surface area contributed by atoms with Crippen LogP contribution in [0.3, 0.4) is 0 Å². The van der Waals surface area contributed by atoms with E-state index in [1.165, 1.54) is 21.5 Å². The fourth-order valence-electron chi connectivity index (χ4n) is 9.65. The van der Waals surface area contributed by atoms with E-state index in [0.29, 0.717) is 61.5 Å². The Balaban J connectivity index is 0.000000215. The number of rotatable bonds is 31. The van der Waals surface area contributed by atoms with Gasteiger partial charge < -0.3 is 43.8 Å². The molecule has 2 fully saturated rings. The number of alkyl halides is 8. The highest BCUT2D eigenvalue weighted by Crippen LogP contribution is 2.61. The van der Waals surface area contributed by atoms with Gasteiger partial charge in [-0.05, 0) is 125 Å². The molecule has 9 aromatic rings. The molecule has 24 nitrogen and oxygen atoms in total. The van der Waals surface area contributed by atoms with Crippen molar-refractivity contribution in [2.24, 2.45) is 5.73 Å². The van der Waals surface area contributed by atoms with Crippen molar-refractivity contribution in [2.75, 3.05) is 49.9 Å². The third kappa shape index (κ3) is 24.0. The zero-order valence-corrected chi connectivity index (χ0v) is 64.2. The molecular formula is C71H56Br2F18N7O17P2+. The molecule has 0 bridgehead atoms. The molecule has 1 unspecified atom stereocenters. The Bertz CT molecular complexity index is 5060.